The molecule has 4 nitrogen and oxygen atoms in total. The van der Waals surface area contributed by atoms with Gasteiger partial charge in [0.05, 0.1) is 25.0 Å². The predicted octanol–water partition coefficient (Wildman–Crippen LogP) is 1.21. The first-order valence-corrected chi connectivity index (χ1v) is 6.62. The molecule has 4 heteroatoms. The molecule has 1 aromatic carbocycles. The lowest BCUT2D eigenvalue weighted by Gasteiger charge is -2.51. The minimum atomic E-state index is -0.339. The molecule has 0 bridgehead atoms. The highest BCUT2D eigenvalue weighted by Gasteiger charge is 2.50. The maximum Gasteiger partial charge on any atom is 0.231 e. The zero-order chi connectivity index (χ0) is 13.8. The normalized spacial score (nSPS) is 21.3. The molecule has 2 aliphatic heterocycles. The van der Waals surface area contributed by atoms with Crippen molar-refractivity contribution >= 4 is 11.6 Å². The number of carbonyl (C=O) groups is 1. The van der Waals surface area contributed by atoms with Crippen LogP contribution in [-0.4, -0.2) is 31.7 Å². The molecular formula is C15H20N2O2. The van der Waals surface area contributed by atoms with E-state index in [1.54, 1.807) is 4.90 Å². The van der Waals surface area contributed by atoms with Crippen LogP contribution in [0.25, 0.3) is 0 Å². The smallest absolute Gasteiger partial charge is 0.231 e. The summed E-state index contributed by atoms with van der Waals surface area (Å²) in [4.78, 5) is 13.5. The second-order valence-corrected chi connectivity index (χ2v) is 6.27. The van der Waals surface area contributed by atoms with Gasteiger partial charge in [-0.3, -0.25) is 4.79 Å². The summed E-state index contributed by atoms with van der Waals surface area (Å²) in [6.45, 7) is 5.39. The largest absolute Gasteiger partial charge is 0.379 e. The minimum Gasteiger partial charge on any atom is -0.379 e. The third kappa shape index (κ3) is 1.63. The van der Waals surface area contributed by atoms with Gasteiger partial charge in [0.15, 0.2) is 0 Å². The molecule has 1 fully saturated rings. The van der Waals surface area contributed by atoms with Crippen LogP contribution in [0.15, 0.2) is 18.2 Å². The van der Waals surface area contributed by atoms with Crippen LogP contribution in [-0.2, 0) is 21.4 Å². The van der Waals surface area contributed by atoms with Gasteiger partial charge >= 0.3 is 0 Å². The summed E-state index contributed by atoms with van der Waals surface area (Å²) in [5.41, 5.74) is 9.18. The SMILES string of the molecule is CN1C(=O)Cc2cc(C3(C(C)(C)N)COC3)ccc21. The summed E-state index contributed by atoms with van der Waals surface area (Å²) in [5, 5.41) is 0. The van der Waals surface area contributed by atoms with Gasteiger partial charge in [-0.25, -0.2) is 0 Å². The van der Waals surface area contributed by atoms with Gasteiger partial charge in [0.1, 0.15) is 0 Å². The number of hydrogen-bond acceptors (Lipinski definition) is 3. The summed E-state index contributed by atoms with van der Waals surface area (Å²) in [6, 6.07) is 6.25. The van der Waals surface area contributed by atoms with Crippen LogP contribution in [0.3, 0.4) is 0 Å². The first-order chi connectivity index (χ1) is 8.85. The summed E-state index contributed by atoms with van der Waals surface area (Å²) in [7, 11) is 1.82. The lowest BCUT2D eigenvalue weighted by Crippen LogP contribution is -2.64. The molecule has 2 aliphatic rings. The summed E-state index contributed by atoms with van der Waals surface area (Å²) in [5.74, 6) is 0.151. The summed E-state index contributed by atoms with van der Waals surface area (Å²) in [6.07, 6.45) is 0.488. The average molecular weight is 260 g/mol. The molecule has 0 spiro atoms. The fourth-order valence-electron chi connectivity index (χ4n) is 2.98. The highest BCUT2D eigenvalue weighted by Crippen LogP contribution is 2.42. The lowest BCUT2D eigenvalue weighted by molar-refractivity contribution is -0.117. The van der Waals surface area contributed by atoms with Crippen molar-refractivity contribution in [3.05, 3.63) is 29.3 Å². The molecule has 1 saturated heterocycles. The number of carbonyl (C=O) groups excluding carboxylic acids is 1. The molecule has 1 aromatic rings. The molecule has 2 N–H and O–H groups in total. The Kier molecular flexibility index (Phi) is 2.53. The van der Waals surface area contributed by atoms with Crippen molar-refractivity contribution in [3.63, 3.8) is 0 Å². The molecule has 3 rings (SSSR count). The Morgan fingerprint density at radius 2 is 2.05 bits per heavy atom. The number of nitrogens with zero attached hydrogens (tertiary/aromatic N) is 1. The number of nitrogens with two attached hydrogens (primary N) is 1. The van der Waals surface area contributed by atoms with E-state index in [1.807, 2.05) is 27.0 Å². The highest BCUT2D eigenvalue weighted by molar-refractivity contribution is 6.00. The van der Waals surface area contributed by atoms with Gasteiger partial charge in [0.25, 0.3) is 0 Å². The Morgan fingerprint density at radius 3 is 2.58 bits per heavy atom. The Labute approximate surface area is 113 Å². The molecule has 19 heavy (non-hydrogen) atoms. The molecule has 1 amide bonds. The minimum absolute atomic E-state index is 0.133. The number of amides is 1. The number of ether oxygens (including phenoxy) is 1. The number of rotatable bonds is 2. The monoisotopic (exact) mass is 260 g/mol. The molecule has 102 valence electrons. The molecule has 0 radical (unpaired) electrons. The second kappa shape index (κ2) is 3.81. The molecule has 0 atom stereocenters. The average Bonchev–Trinajstić information content (AvgIpc) is 2.51. The zero-order valence-electron chi connectivity index (χ0n) is 11.7. The van der Waals surface area contributed by atoms with Crippen molar-refractivity contribution in [2.75, 3.05) is 25.2 Å². The fraction of sp³-hybridized carbons (Fsp3) is 0.533. The number of benzene rings is 1. The van der Waals surface area contributed by atoms with Crippen LogP contribution in [0.1, 0.15) is 25.0 Å². The van der Waals surface area contributed by atoms with Gasteiger partial charge in [-0.2, -0.15) is 0 Å². The zero-order valence-corrected chi connectivity index (χ0v) is 11.7. The van der Waals surface area contributed by atoms with Gasteiger partial charge < -0.3 is 15.4 Å². The maximum atomic E-state index is 11.7. The van der Waals surface area contributed by atoms with Crippen molar-refractivity contribution in [3.8, 4) is 0 Å². The van der Waals surface area contributed by atoms with E-state index in [0.29, 0.717) is 19.6 Å². The van der Waals surface area contributed by atoms with Crippen LogP contribution in [0.2, 0.25) is 0 Å². The molecule has 0 saturated carbocycles. The first kappa shape index (κ1) is 12.6. The topological polar surface area (TPSA) is 55.6 Å². The molecule has 2 heterocycles. The van der Waals surface area contributed by atoms with E-state index < -0.39 is 0 Å². The highest BCUT2D eigenvalue weighted by atomic mass is 16.5. The van der Waals surface area contributed by atoms with Crippen molar-refractivity contribution in [2.45, 2.75) is 31.2 Å². The van der Waals surface area contributed by atoms with Gasteiger partial charge in [-0.05, 0) is 31.0 Å². The summed E-state index contributed by atoms with van der Waals surface area (Å²) < 4.78 is 5.42. The number of hydrogen-bond donors (Lipinski definition) is 1. The number of likely N-dealkylation sites (N-methyl/N-ethyl adjacent to an activating group) is 1. The van der Waals surface area contributed by atoms with Gasteiger partial charge in [0, 0.05) is 18.3 Å². The van der Waals surface area contributed by atoms with Gasteiger partial charge in [0.2, 0.25) is 5.91 Å². The lowest BCUT2D eigenvalue weighted by atomic mass is 9.65. The van der Waals surface area contributed by atoms with Crippen molar-refractivity contribution in [1.29, 1.82) is 0 Å². The van der Waals surface area contributed by atoms with E-state index in [0.717, 1.165) is 11.3 Å². The predicted molar refractivity (Wildman–Crippen MR) is 74.3 cm³/mol. The standard InChI is InChI=1S/C15H20N2O2/c1-14(2,16)15(8-19-9-15)11-4-5-12-10(6-11)7-13(18)17(12)3/h4-6H,7-9,16H2,1-3H3. The van der Waals surface area contributed by atoms with Crippen LogP contribution in [0.4, 0.5) is 5.69 Å². The Bertz CT molecular complexity index is 542. The third-order valence-electron chi connectivity index (χ3n) is 4.64. The fourth-order valence-corrected chi connectivity index (χ4v) is 2.98. The van der Waals surface area contributed by atoms with Crippen LogP contribution >= 0.6 is 0 Å². The second-order valence-electron chi connectivity index (χ2n) is 6.27. The van der Waals surface area contributed by atoms with Crippen LogP contribution in [0.5, 0.6) is 0 Å². The van der Waals surface area contributed by atoms with E-state index in [-0.39, 0.29) is 16.9 Å². The van der Waals surface area contributed by atoms with Crippen molar-refractivity contribution in [2.24, 2.45) is 5.73 Å². The van der Waals surface area contributed by atoms with E-state index in [1.165, 1.54) is 5.56 Å². The Morgan fingerprint density at radius 1 is 1.37 bits per heavy atom. The Balaban J connectivity index is 2.05. The number of anilines is 1. The molecule has 0 aromatic heterocycles. The quantitative estimate of drug-likeness (QED) is 0.869. The third-order valence-corrected chi connectivity index (χ3v) is 4.64. The Hall–Kier alpha value is -1.39. The van der Waals surface area contributed by atoms with E-state index >= 15 is 0 Å². The van der Waals surface area contributed by atoms with Crippen molar-refractivity contribution < 1.29 is 9.53 Å². The maximum absolute atomic E-state index is 11.7. The molecule has 0 unspecified atom stereocenters. The van der Waals surface area contributed by atoms with E-state index in [9.17, 15) is 4.79 Å². The van der Waals surface area contributed by atoms with Crippen LogP contribution < -0.4 is 10.6 Å². The molecule has 0 aliphatic carbocycles. The van der Waals surface area contributed by atoms with Gasteiger partial charge in [-0.15, -0.1) is 0 Å². The number of fused-ring (bicyclic) bond motifs is 1. The first-order valence-electron chi connectivity index (χ1n) is 6.62. The summed E-state index contributed by atoms with van der Waals surface area (Å²) >= 11 is 0. The molecular weight excluding hydrogens is 240 g/mol. The van der Waals surface area contributed by atoms with E-state index in [2.05, 4.69) is 12.1 Å². The van der Waals surface area contributed by atoms with Gasteiger partial charge in [-0.1, -0.05) is 12.1 Å². The van der Waals surface area contributed by atoms with Crippen molar-refractivity contribution in [1.82, 2.24) is 0 Å². The van der Waals surface area contributed by atoms with Crippen LogP contribution in [0, 0.1) is 0 Å². The van der Waals surface area contributed by atoms with E-state index in [4.69, 9.17) is 10.5 Å².